The third-order valence-corrected chi connectivity index (χ3v) is 4.31. The molecule has 0 radical (unpaired) electrons. The van der Waals surface area contributed by atoms with E-state index in [0.29, 0.717) is 24.7 Å². The van der Waals surface area contributed by atoms with Crippen LogP contribution in [0.3, 0.4) is 0 Å². The van der Waals surface area contributed by atoms with Gasteiger partial charge in [-0.25, -0.2) is 9.18 Å². The molecule has 0 spiro atoms. The Morgan fingerprint density at radius 3 is 2.54 bits per heavy atom. The minimum absolute atomic E-state index is 0.120. The molecule has 1 N–H and O–H groups in total. The van der Waals surface area contributed by atoms with Crippen molar-refractivity contribution in [3.05, 3.63) is 64.9 Å². The topological polar surface area (TPSA) is 35.6 Å². The summed E-state index contributed by atoms with van der Waals surface area (Å²) in [6.45, 7) is 3.12. The van der Waals surface area contributed by atoms with E-state index in [1.807, 2.05) is 24.3 Å². The SMILES string of the molecule is O=C(NCc1cccc(F)c1)N1CCN(c2cccc(Cl)c2)CC1. The van der Waals surface area contributed by atoms with Crippen molar-refractivity contribution < 1.29 is 9.18 Å². The second-order valence-corrected chi connectivity index (χ2v) is 6.18. The van der Waals surface area contributed by atoms with Crippen LogP contribution in [0.2, 0.25) is 5.02 Å². The maximum atomic E-state index is 13.1. The lowest BCUT2D eigenvalue weighted by atomic mass is 10.2. The normalized spacial score (nSPS) is 14.6. The number of halogens is 2. The van der Waals surface area contributed by atoms with Gasteiger partial charge < -0.3 is 15.1 Å². The van der Waals surface area contributed by atoms with Gasteiger partial charge in [0.25, 0.3) is 0 Å². The van der Waals surface area contributed by atoms with Crippen molar-refractivity contribution in [1.29, 1.82) is 0 Å². The molecule has 6 heteroatoms. The van der Waals surface area contributed by atoms with E-state index in [1.165, 1.54) is 12.1 Å². The fourth-order valence-corrected chi connectivity index (χ4v) is 2.96. The number of piperazine rings is 1. The van der Waals surface area contributed by atoms with Gasteiger partial charge in [0.1, 0.15) is 5.82 Å². The highest BCUT2D eigenvalue weighted by Gasteiger charge is 2.21. The van der Waals surface area contributed by atoms with Crippen molar-refractivity contribution in [1.82, 2.24) is 10.2 Å². The molecule has 1 saturated heterocycles. The van der Waals surface area contributed by atoms with E-state index in [1.54, 1.807) is 17.0 Å². The predicted molar refractivity (Wildman–Crippen MR) is 93.9 cm³/mol. The van der Waals surface area contributed by atoms with Gasteiger partial charge in [0, 0.05) is 43.4 Å². The standard InChI is InChI=1S/C18H19ClFN3O/c19-15-4-2-6-17(12-15)22-7-9-23(10-8-22)18(24)21-13-14-3-1-5-16(20)11-14/h1-6,11-12H,7-10,13H2,(H,21,24). The zero-order chi connectivity index (χ0) is 16.9. The molecule has 2 aromatic carbocycles. The quantitative estimate of drug-likeness (QED) is 0.922. The Morgan fingerprint density at radius 2 is 1.83 bits per heavy atom. The summed E-state index contributed by atoms with van der Waals surface area (Å²) in [7, 11) is 0. The molecule has 0 bridgehead atoms. The number of amides is 2. The molecular weight excluding hydrogens is 329 g/mol. The van der Waals surface area contributed by atoms with Crippen LogP contribution in [-0.4, -0.2) is 37.1 Å². The number of urea groups is 1. The number of nitrogens with zero attached hydrogens (tertiary/aromatic N) is 2. The fourth-order valence-electron chi connectivity index (χ4n) is 2.78. The molecule has 0 unspecified atom stereocenters. The smallest absolute Gasteiger partial charge is 0.317 e. The van der Waals surface area contributed by atoms with Gasteiger partial charge in [0.05, 0.1) is 0 Å². The van der Waals surface area contributed by atoms with Crippen LogP contribution in [0.4, 0.5) is 14.9 Å². The number of nitrogens with one attached hydrogen (secondary N) is 1. The van der Waals surface area contributed by atoms with Crippen LogP contribution in [0.1, 0.15) is 5.56 Å². The Labute approximate surface area is 145 Å². The first-order valence-electron chi connectivity index (χ1n) is 7.89. The molecule has 2 aromatic rings. The maximum absolute atomic E-state index is 13.1. The third kappa shape index (κ3) is 4.17. The zero-order valence-electron chi connectivity index (χ0n) is 13.2. The Morgan fingerprint density at radius 1 is 1.08 bits per heavy atom. The van der Waals surface area contributed by atoms with Crippen LogP contribution in [0, 0.1) is 5.82 Å². The van der Waals surface area contributed by atoms with Crippen molar-refractivity contribution in [2.45, 2.75) is 6.54 Å². The Bertz CT molecular complexity index is 717. The molecule has 1 aliphatic heterocycles. The third-order valence-electron chi connectivity index (χ3n) is 4.07. The minimum Gasteiger partial charge on any atom is -0.368 e. The highest BCUT2D eigenvalue weighted by molar-refractivity contribution is 6.30. The fraction of sp³-hybridized carbons (Fsp3) is 0.278. The molecule has 1 heterocycles. The van der Waals surface area contributed by atoms with Gasteiger partial charge >= 0.3 is 6.03 Å². The molecule has 0 saturated carbocycles. The Balaban J connectivity index is 1.50. The molecule has 3 rings (SSSR count). The average Bonchev–Trinajstić information content (AvgIpc) is 2.60. The predicted octanol–water partition coefficient (Wildman–Crippen LogP) is 3.51. The molecule has 0 atom stereocenters. The first-order chi connectivity index (χ1) is 11.6. The van der Waals surface area contributed by atoms with Crippen molar-refractivity contribution >= 4 is 23.3 Å². The first kappa shape index (κ1) is 16.6. The van der Waals surface area contributed by atoms with Gasteiger partial charge in [-0.3, -0.25) is 0 Å². The average molecular weight is 348 g/mol. The molecule has 126 valence electrons. The van der Waals surface area contributed by atoms with Crippen LogP contribution in [0.15, 0.2) is 48.5 Å². The summed E-state index contributed by atoms with van der Waals surface area (Å²) in [6.07, 6.45) is 0. The van der Waals surface area contributed by atoms with Crippen molar-refractivity contribution in [2.24, 2.45) is 0 Å². The lowest BCUT2D eigenvalue weighted by Crippen LogP contribution is -2.51. The summed E-state index contributed by atoms with van der Waals surface area (Å²) in [4.78, 5) is 16.2. The zero-order valence-corrected chi connectivity index (χ0v) is 14.0. The summed E-state index contributed by atoms with van der Waals surface area (Å²) in [6, 6.07) is 13.9. The second kappa shape index (κ2) is 7.53. The number of benzene rings is 2. The van der Waals surface area contributed by atoms with Crippen LogP contribution >= 0.6 is 11.6 Å². The van der Waals surface area contributed by atoms with Gasteiger partial charge in [-0.2, -0.15) is 0 Å². The lowest BCUT2D eigenvalue weighted by Gasteiger charge is -2.36. The van der Waals surface area contributed by atoms with E-state index < -0.39 is 0 Å². The second-order valence-electron chi connectivity index (χ2n) is 5.74. The highest BCUT2D eigenvalue weighted by atomic mass is 35.5. The summed E-state index contributed by atoms with van der Waals surface area (Å²) in [5.74, 6) is -0.295. The lowest BCUT2D eigenvalue weighted by molar-refractivity contribution is 0.194. The number of carbonyl (C=O) groups excluding carboxylic acids is 1. The maximum Gasteiger partial charge on any atom is 0.317 e. The van der Waals surface area contributed by atoms with E-state index in [2.05, 4.69) is 10.2 Å². The van der Waals surface area contributed by atoms with E-state index in [-0.39, 0.29) is 11.8 Å². The number of rotatable bonds is 3. The monoisotopic (exact) mass is 347 g/mol. The minimum atomic E-state index is -0.295. The summed E-state index contributed by atoms with van der Waals surface area (Å²) in [5.41, 5.74) is 1.82. The molecule has 0 aromatic heterocycles. The number of carbonyl (C=O) groups is 1. The Hall–Kier alpha value is -2.27. The van der Waals surface area contributed by atoms with E-state index >= 15 is 0 Å². The van der Waals surface area contributed by atoms with E-state index in [9.17, 15) is 9.18 Å². The van der Waals surface area contributed by atoms with Crippen LogP contribution in [0.5, 0.6) is 0 Å². The number of hydrogen-bond donors (Lipinski definition) is 1. The molecule has 24 heavy (non-hydrogen) atoms. The van der Waals surface area contributed by atoms with Gasteiger partial charge in [-0.1, -0.05) is 29.8 Å². The molecule has 1 aliphatic rings. The van der Waals surface area contributed by atoms with Gasteiger partial charge in [0.2, 0.25) is 0 Å². The molecule has 0 aliphatic carbocycles. The van der Waals surface area contributed by atoms with Gasteiger partial charge in [-0.05, 0) is 35.9 Å². The highest BCUT2D eigenvalue weighted by Crippen LogP contribution is 2.20. The summed E-state index contributed by atoms with van der Waals surface area (Å²) in [5, 5.41) is 3.55. The first-order valence-corrected chi connectivity index (χ1v) is 8.27. The Kier molecular flexibility index (Phi) is 5.20. The van der Waals surface area contributed by atoms with Gasteiger partial charge in [0.15, 0.2) is 0 Å². The van der Waals surface area contributed by atoms with Crippen molar-refractivity contribution in [3.8, 4) is 0 Å². The van der Waals surface area contributed by atoms with Crippen LogP contribution < -0.4 is 10.2 Å². The number of hydrogen-bond acceptors (Lipinski definition) is 2. The molecule has 4 nitrogen and oxygen atoms in total. The van der Waals surface area contributed by atoms with Crippen molar-refractivity contribution in [3.63, 3.8) is 0 Å². The van der Waals surface area contributed by atoms with Gasteiger partial charge in [-0.15, -0.1) is 0 Å². The largest absolute Gasteiger partial charge is 0.368 e. The molecule has 1 fully saturated rings. The van der Waals surface area contributed by atoms with Crippen LogP contribution in [-0.2, 0) is 6.54 Å². The summed E-state index contributed by atoms with van der Waals surface area (Å²) < 4.78 is 13.1. The molecule has 2 amide bonds. The van der Waals surface area contributed by atoms with E-state index in [0.717, 1.165) is 24.3 Å². The summed E-state index contributed by atoms with van der Waals surface area (Å²) >= 11 is 6.03. The van der Waals surface area contributed by atoms with E-state index in [4.69, 9.17) is 11.6 Å². The molecular formula is C18H19ClFN3O. The number of anilines is 1. The van der Waals surface area contributed by atoms with Crippen LogP contribution in [0.25, 0.3) is 0 Å². The van der Waals surface area contributed by atoms with Crippen molar-refractivity contribution in [2.75, 3.05) is 31.1 Å².